The van der Waals surface area contributed by atoms with Crippen molar-refractivity contribution in [1.29, 1.82) is 0 Å². The molecule has 0 amide bonds. The predicted molar refractivity (Wildman–Crippen MR) is 89.7 cm³/mol. The maximum atomic E-state index is 2.74. The molecule has 2 heterocycles. The minimum atomic E-state index is 0.724. The molecule has 3 rings (SSSR count). The first-order chi connectivity index (χ1) is 10.1. The van der Waals surface area contributed by atoms with Crippen LogP contribution in [0.15, 0.2) is 0 Å². The summed E-state index contributed by atoms with van der Waals surface area (Å²) < 4.78 is 0. The second kappa shape index (κ2) is 6.55. The maximum Gasteiger partial charge on any atom is 0.0113 e. The highest BCUT2D eigenvalue weighted by Crippen LogP contribution is 2.45. The summed E-state index contributed by atoms with van der Waals surface area (Å²) >= 11 is 0. The summed E-state index contributed by atoms with van der Waals surface area (Å²) in [5, 5.41) is 0. The Morgan fingerprint density at radius 1 is 0.952 bits per heavy atom. The molecule has 21 heavy (non-hydrogen) atoms. The third-order valence-corrected chi connectivity index (χ3v) is 6.38. The number of hydrogen-bond acceptors (Lipinski definition) is 3. The zero-order valence-electron chi connectivity index (χ0n) is 14.5. The molecule has 3 aliphatic rings. The molecule has 0 radical (unpaired) electrons. The van der Waals surface area contributed by atoms with E-state index in [9.17, 15) is 0 Å². The average Bonchev–Trinajstić information content (AvgIpc) is 2.46. The molecule has 2 saturated heterocycles. The second-order valence-corrected chi connectivity index (χ2v) is 8.18. The monoisotopic (exact) mass is 293 g/mol. The molecule has 0 aromatic carbocycles. The minimum Gasteiger partial charge on any atom is -0.302 e. The van der Waals surface area contributed by atoms with Gasteiger partial charge in [-0.2, -0.15) is 0 Å². The molecule has 1 saturated carbocycles. The third-order valence-electron chi connectivity index (χ3n) is 6.38. The fraction of sp³-hybridized carbons (Fsp3) is 1.00. The summed E-state index contributed by atoms with van der Waals surface area (Å²) in [5.74, 6) is 0.983. The van der Waals surface area contributed by atoms with Crippen LogP contribution in [0, 0.1) is 11.3 Å². The van der Waals surface area contributed by atoms with E-state index in [1.165, 1.54) is 78.0 Å². The van der Waals surface area contributed by atoms with Crippen LogP contribution in [0.3, 0.4) is 0 Å². The Labute approximate surface area is 131 Å². The second-order valence-electron chi connectivity index (χ2n) is 8.18. The number of piperazine rings is 1. The van der Waals surface area contributed by atoms with Gasteiger partial charge < -0.3 is 9.80 Å². The van der Waals surface area contributed by atoms with E-state index in [1.54, 1.807) is 0 Å². The van der Waals surface area contributed by atoms with E-state index in [1.807, 2.05) is 0 Å². The van der Waals surface area contributed by atoms with Gasteiger partial charge in [0.1, 0.15) is 0 Å². The molecule has 3 nitrogen and oxygen atoms in total. The van der Waals surface area contributed by atoms with Crippen LogP contribution in [0.25, 0.3) is 0 Å². The van der Waals surface area contributed by atoms with Gasteiger partial charge in [0.05, 0.1) is 0 Å². The van der Waals surface area contributed by atoms with Crippen molar-refractivity contribution < 1.29 is 0 Å². The Hall–Kier alpha value is -0.120. The highest BCUT2D eigenvalue weighted by molar-refractivity contribution is 4.97. The largest absolute Gasteiger partial charge is 0.302 e. The third kappa shape index (κ3) is 3.62. The Balaban J connectivity index is 1.37. The van der Waals surface area contributed by atoms with Crippen molar-refractivity contribution in [2.75, 3.05) is 52.4 Å². The van der Waals surface area contributed by atoms with Crippen molar-refractivity contribution in [3.8, 4) is 0 Å². The molecular weight excluding hydrogens is 258 g/mol. The molecule has 0 aromatic heterocycles. The summed E-state index contributed by atoms with van der Waals surface area (Å²) in [7, 11) is 0. The molecule has 0 N–H and O–H groups in total. The lowest BCUT2D eigenvalue weighted by atomic mass is 9.66. The van der Waals surface area contributed by atoms with Crippen LogP contribution in [-0.2, 0) is 0 Å². The first-order valence-electron chi connectivity index (χ1n) is 9.29. The lowest BCUT2D eigenvalue weighted by Gasteiger charge is -2.54. The maximum absolute atomic E-state index is 2.74. The summed E-state index contributed by atoms with van der Waals surface area (Å²) in [6, 6.07) is 0.724. The van der Waals surface area contributed by atoms with Crippen LogP contribution in [0.5, 0.6) is 0 Å². The van der Waals surface area contributed by atoms with Gasteiger partial charge in [-0.15, -0.1) is 0 Å². The normalized spacial score (nSPS) is 29.1. The van der Waals surface area contributed by atoms with E-state index in [-0.39, 0.29) is 0 Å². The van der Waals surface area contributed by atoms with E-state index in [2.05, 4.69) is 35.5 Å². The van der Waals surface area contributed by atoms with Gasteiger partial charge in [0.25, 0.3) is 0 Å². The Morgan fingerprint density at radius 2 is 1.57 bits per heavy atom. The first kappa shape index (κ1) is 15.8. The van der Waals surface area contributed by atoms with Gasteiger partial charge in [0.15, 0.2) is 0 Å². The standard InChI is InChI=1S/C18H35N3/c1-4-19-14-18(15-19)7-5-17(6-8-18)13-20-9-11-21(12-10-20)16(2)3/h16-17H,4-15H2,1-3H3. The molecule has 1 spiro atoms. The van der Waals surface area contributed by atoms with Gasteiger partial charge in [0, 0.05) is 51.9 Å². The predicted octanol–water partition coefficient (Wildman–Crippen LogP) is 2.52. The van der Waals surface area contributed by atoms with Gasteiger partial charge >= 0.3 is 0 Å². The van der Waals surface area contributed by atoms with Gasteiger partial charge in [-0.3, -0.25) is 4.90 Å². The van der Waals surface area contributed by atoms with Crippen LogP contribution >= 0.6 is 0 Å². The van der Waals surface area contributed by atoms with Crippen molar-refractivity contribution in [2.45, 2.75) is 52.5 Å². The van der Waals surface area contributed by atoms with Crippen molar-refractivity contribution in [1.82, 2.24) is 14.7 Å². The number of nitrogens with zero attached hydrogens (tertiary/aromatic N) is 3. The minimum absolute atomic E-state index is 0.724. The van der Waals surface area contributed by atoms with Crippen molar-refractivity contribution in [2.24, 2.45) is 11.3 Å². The Kier molecular flexibility index (Phi) is 4.92. The van der Waals surface area contributed by atoms with Crippen LogP contribution in [-0.4, -0.2) is 73.1 Å². The van der Waals surface area contributed by atoms with Gasteiger partial charge in [-0.05, 0) is 57.4 Å². The molecule has 0 unspecified atom stereocenters. The smallest absolute Gasteiger partial charge is 0.0113 e. The molecule has 2 aliphatic heterocycles. The molecule has 0 bridgehead atoms. The molecule has 122 valence electrons. The number of rotatable bonds is 4. The zero-order valence-corrected chi connectivity index (χ0v) is 14.5. The zero-order chi connectivity index (χ0) is 14.9. The lowest BCUT2D eigenvalue weighted by Crippen LogP contribution is -2.57. The van der Waals surface area contributed by atoms with Crippen molar-refractivity contribution >= 4 is 0 Å². The SMILES string of the molecule is CCN1CC2(CCC(CN3CCN(C(C)C)CC3)CC2)C1. The Bertz CT molecular complexity index is 317. The van der Waals surface area contributed by atoms with Crippen LogP contribution in [0.1, 0.15) is 46.5 Å². The summed E-state index contributed by atoms with van der Waals surface area (Å²) in [6.45, 7) is 17.5. The van der Waals surface area contributed by atoms with E-state index < -0.39 is 0 Å². The highest BCUT2D eigenvalue weighted by Gasteiger charge is 2.44. The van der Waals surface area contributed by atoms with Crippen LogP contribution in [0.4, 0.5) is 0 Å². The summed E-state index contributed by atoms with van der Waals surface area (Å²) in [5.41, 5.74) is 0.739. The number of hydrogen-bond donors (Lipinski definition) is 0. The molecule has 3 fully saturated rings. The van der Waals surface area contributed by atoms with E-state index >= 15 is 0 Å². The van der Waals surface area contributed by atoms with E-state index in [0.29, 0.717) is 0 Å². The van der Waals surface area contributed by atoms with E-state index in [0.717, 1.165) is 17.4 Å². The van der Waals surface area contributed by atoms with E-state index in [4.69, 9.17) is 0 Å². The van der Waals surface area contributed by atoms with Gasteiger partial charge in [-0.25, -0.2) is 0 Å². The van der Waals surface area contributed by atoms with Gasteiger partial charge in [0.2, 0.25) is 0 Å². The summed E-state index contributed by atoms with van der Waals surface area (Å²) in [6.07, 6.45) is 5.98. The highest BCUT2D eigenvalue weighted by atomic mass is 15.3. The fourth-order valence-electron chi connectivity index (χ4n) is 4.74. The molecule has 3 heteroatoms. The molecule has 0 atom stereocenters. The lowest BCUT2D eigenvalue weighted by molar-refractivity contribution is -0.0389. The molecular formula is C18H35N3. The van der Waals surface area contributed by atoms with Crippen molar-refractivity contribution in [3.05, 3.63) is 0 Å². The Morgan fingerprint density at radius 3 is 2.10 bits per heavy atom. The number of likely N-dealkylation sites (tertiary alicyclic amines) is 1. The average molecular weight is 293 g/mol. The topological polar surface area (TPSA) is 9.72 Å². The molecule has 1 aliphatic carbocycles. The van der Waals surface area contributed by atoms with Crippen molar-refractivity contribution in [3.63, 3.8) is 0 Å². The molecule has 0 aromatic rings. The summed E-state index contributed by atoms with van der Waals surface area (Å²) in [4.78, 5) is 7.98. The van der Waals surface area contributed by atoms with Gasteiger partial charge in [-0.1, -0.05) is 6.92 Å². The van der Waals surface area contributed by atoms with Crippen LogP contribution < -0.4 is 0 Å². The first-order valence-corrected chi connectivity index (χ1v) is 9.29. The van der Waals surface area contributed by atoms with Crippen LogP contribution in [0.2, 0.25) is 0 Å². The quantitative estimate of drug-likeness (QED) is 0.788. The fourth-order valence-corrected chi connectivity index (χ4v) is 4.74.